The molecule has 1 aromatic rings. The van der Waals surface area contributed by atoms with E-state index >= 15 is 0 Å². The molecule has 0 saturated carbocycles. The first-order chi connectivity index (χ1) is 9.19. The SMILES string of the molecule is OCC#Cc1ccc(CN2CCCC(O)C2)c(F)c1. The highest BCUT2D eigenvalue weighted by molar-refractivity contribution is 5.37. The molecule has 4 heteroatoms. The summed E-state index contributed by atoms with van der Waals surface area (Å²) in [5.74, 6) is 4.89. The summed E-state index contributed by atoms with van der Waals surface area (Å²) in [6.07, 6.45) is 1.48. The van der Waals surface area contributed by atoms with Crippen molar-refractivity contribution in [1.29, 1.82) is 0 Å². The van der Waals surface area contributed by atoms with E-state index in [9.17, 15) is 9.50 Å². The molecule has 1 atom stereocenters. The monoisotopic (exact) mass is 263 g/mol. The zero-order chi connectivity index (χ0) is 13.7. The maximum Gasteiger partial charge on any atom is 0.128 e. The van der Waals surface area contributed by atoms with Gasteiger partial charge in [0.2, 0.25) is 0 Å². The molecule has 1 aliphatic rings. The fourth-order valence-corrected chi connectivity index (χ4v) is 2.31. The van der Waals surface area contributed by atoms with Crippen molar-refractivity contribution in [2.24, 2.45) is 0 Å². The van der Waals surface area contributed by atoms with Crippen molar-refractivity contribution in [3.63, 3.8) is 0 Å². The Hall–Kier alpha value is -1.41. The number of β-amino-alcohol motifs (C(OH)–C–C–N with tert-alkyl or cyclic N) is 1. The van der Waals surface area contributed by atoms with Crippen LogP contribution >= 0.6 is 0 Å². The Morgan fingerprint density at radius 1 is 1.42 bits per heavy atom. The summed E-state index contributed by atoms with van der Waals surface area (Å²) in [7, 11) is 0. The van der Waals surface area contributed by atoms with E-state index in [0.717, 1.165) is 19.4 Å². The first kappa shape index (κ1) is 14.0. The normalized spacial score (nSPS) is 19.8. The number of benzene rings is 1. The molecule has 2 rings (SSSR count). The van der Waals surface area contributed by atoms with Gasteiger partial charge in [0.25, 0.3) is 0 Å². The fraction of sp³-hybridized carbons (Fsp3) is 0.467. The number of aliphatic hydroxyl groups excluding tert-OH is 2. The molecule has 0 aliphatic carbocycles. The molecule has 1 saturated heterocycles. The number of piperidine rings is 1. The highest BCUT2D eigenvalue weighted by Gasteiger charge is 2.18. The number of nitrogens with zero attached hydrogens (tertiary/aromatic N) is 1. The highest BCUT2D eigenvalue weighted by atomic mass is 19.1. The van der Waals surface area contributed by atoms with Gasteiger partial charge in [-0.1, -0.05) is 17.9 Å². The number of hydrogen-bond acceptors (Lipinski definition) is 3. The molecule has 1 heterocycles. The number of aliphatic hydroxyl groups is 2. The Bertz CT molecular complexity index is 493. The molecule has 1 unspecified atom stereocenters. The summed E-state index contributed by atoms with van der Waals surface area (Å²) in [6.45, 7) is 1.78. The van der Waals surface area contributed by atoms with Crippen LogP contribution in [-0.4, -0.2) is 40.9 Å². The van der Waals surface area contributed by atoms with Crippen LogP contribution in [0.4, 0.5) is 4.39 Å². The Balaban J connectivity index is 2.04. The maximum absolute atomic E-state index is 13.9. The van der Waals surface area contributed by atoms with Gasteiger partial charge in [-0.15, -0.1) is 0 Å². The molecule has 1 aromatic carbocycles. The minimum atomic E-state index is -0.300. The summed E-state index contributed by atoms with van der Waals surface area (Å²) in [5.41, 5.74) is 1.18. The highest BCUT2D eigenvalue weighted by Crippen LogP contribution is 2.16. The quantitative estimate of drug-likeness (QED) is 0.786. The first-order valence-corrected chi connectivity index (χ1v) is 6.47. The predicted molar refractivity (Wildman–Crippen MR) is 70.9 cm³/mol. The second kappa shape index (κ2) is 6.67. The molecule has 0 aromatic heterocycles. The van der Waals surface area contributed by atoms with Gasteiger partial charge in [0.05, 0.1) is 6.10 Å². The molecule has 1 aliphatic heterocycles. The lowest BCUT2D eigenvalue weighted by Crippen LogP contribution is -2.37. The second-order valence-corrected chi connectivity index (χ2v) is 4.80. The van der Waals surface area contributed by atoms with Crippen molar-refractivity contribution < 1.29 is 14.6 Å². The zero-order valence-electron chi connectivity index (χ0n) is 10.8. The molecule has 0 radical (unpaired) electrons. The number of likely N-dealkylation sites (tertiary alicyclic amines) is 1. The van der Waals surface area contributed by atoms with Gasteiger partial charge in [0.1, 0.15) is 12.4 Å². The van der Waals surface area contributed by atoms with Gasteiger partial charge in [0.15, 0.2) is 0 Å². The predicted octanol–water partition coefficient (Wildman–Crippen LogP) is 1.13. The molecular weight excluding hydrogens is 245 g/mol. The molecule has 102 valence electrons. The topological polar surface area (TPSA) is 43.7 Å². The lowest BCUT2D eigenvalue weighted by Gasteiger charge is -2.30. The molecule has 2 N–H and O–H groups in total. The third kappa shape index (κ3) is 4.03. The Kier molecular flexibility index (Phi) is 4.92. The van der Waals surface area contributed by atoms with Crippen molar-refractivity contribution in [1.82, 2.24) is 4.90 Å². The van der Waals surface area contributed by atoms with E-state index < -0.39 is 0 Å². The molecule has 19 heavy (non-hydrogen) atoms. The van der Waals surface area contributed by atoms with Crippen LogP contribution in [-0.2, 0) is 6.54 Å². The summed E-state index contributed by atoms with van der Waals surface area (Å²) >= 11 is 0. The van der Waals surface area contributed by atoms with Crippen LogP contribution in [0.5, 0.6) is 0 Å². The van der Waals surface area contributed by atoms with Crippen molar-refractivity contribution in [2.75, 3.05) is 19.7 Å². The lowest BCUT2D eigenvalue weighted by atomic mass is 10.1. The van der Waals surface area contributed by atoms with E-state index in [-0.39, 0.29) is 18.5 Å². The standard InChI is InChI=1S/C15H18FNO2/c16-15-9-12(3-2-8-18)5-6-13(15)10-17-7-1-4-14(19)11-17/h5-6,9,14,18-19H,1,4,7-8,10-11H2. The van der Waals surface area contributed by atoms with Gasteiger partial charge in [-0.2, -0.15) is 0 Å². The number of hydrogen-bond donors (Lipinski definition) is 2. The Labute approximate surface area is 112 Å². The van der Waals surface area contributed by atoms with Crippen molar-refractivity contribution in [3.05, 3.63) is 35.1 Å². The van der Waals surface area contributed by atoms with Crippen LogP contribution in [0.25, 0.3) is 0 Å². The molecule has 1 fully saturated rings. The largest absolute Gasteiger partial charge is 0.392 e. The van der Waals surface area contributed by atoms with Crippen molar-refractivity contribution in [3.8, 4) is 11.8 Å². The van der Waals surface area contributed by atoms with Crippen LogP contribution in [0.3, 0.4) is 0 Å². The second-order valence-electron chi connectivity index (χ2n) is 4.80. The Morgan fingerprint density at radius 3 is 2.95 bits per heavy atom. The summed E-state index contributed by atoms with van der Waals surface area (Å²) in [6, 6.07) is 4.86. The van der Waals surface area contributed by atoms with Crippen molar-refractivity contribution in [2.45, 2.75) is 25.5 Å². The lowest BCUT2D eigenvalue weighted by molar-refractivity contribution is 0.0663. The van der Waals surface area contributed by atoms with E-state index in [2.05, 4.69) is 16.7 Å². The van der Waals surface area contributed by atoms with Gasteiger partial charge in [-0.25, -0.2) is 4.39 Å². The smallest absolute Gasteiger partial charge is 0.128 e. The fourth-order valence-electron chi connectivity index (χ4n) is 2.31. The third-order valence-electron chi connectivity index (χ3n) is 3.24. The van der Waals surface area contributed by atoms with Crippen molar-refractivity contribution >= 4 is 0 Å². The van der Waals surface area contributed by atoms with Gasteiger partial charge in [-0.05, 0) is 31.5 Å². The van der Waals surface area contributed by atoms with Crippen LogP contribution < -0.4 is 0 Å². The third-order valence-corrected chi connectivity index (χ3v) is 3.24. The summed E-state index contributed by atoms with van der Waals surface area (Å²) < 4.78 is 13.9. The molecule has 3 nitrogen and oxygen atoms in total. The molecular formula is C15H18FNO2. The van der Waals surface area contributed by atoms with Gasteiger partial charge >= 0.3 is 0 Å². The van der Waals surface area contributed by atoms with Gasteiger partial charge in [0, 0.05) is 24.2 Å². The molecule has 0 spiro atoms. The van der Waals surface area contributed by atoms with Crippen LogP contribution in [0.1, 0.15) is 24.0 Å². The van der Waals surface area contributed by atoms with E-state index in [4.69, 9.17) is 5.11 Å². The van der Waals surface area contributed by atoms with E-state index in [1.165, 1.54) is 6.07 Å². The summed E-state index contributed by atoms with van der Waals surface area (Å²) in [4.78, 5) is 2.06. The maximum atomic E-state index is 13.9. The average Bonchev–Trinajstić information content (AvgIpc) is 2.39. The van der Waals surface area contributed by atoms with Crippen LogP contribution in [0, 0.1) is 17.7 Å². The van der Waals surface area contributed by atoms with E-state index in [1.807, 2.05) is 0 Å². The van der Waals surface area contributed by atoms with Crippen LogP contribution in [0.2, 0.25) is 0 Å². The first-order valence-electron chi connectivity index (χ1n) is 6.47. The number of rotatable bonds is 2. The summed E-state index contributed by atoms with van der Waals surface area (Å²) in [5, 5.41) is 18.2. The molecule has 0 amide bonds. The number of halogens is 1. The van der Waals surface area contributed by atoms with E-state index in [1.54, 1.807) is 12.1 Å². The zero-order valence-corrected chi connectivity index (χ0v) is 10.8. The van der Waals surface area contributed by atoms with E-state index in [0.29, 0.717) is 24.2 Å². The van der Waals surface area contributed by atoms with Gasteiger partial charge in [-0.3, -0.25) is 4.90 Å². The van der Waals surface area contributed by atoms with Crippen LogP contribution in [0.15, 0.2) is 18.2 Å². The molecule has 0 bridgehead atoms. The Morgan fingerprint density at radius 2 is 2.26 bits per heavy atom. The van der Waals surface area contributed by atoms with Gasteiger partial charge < -0.3 is 10.2 Å². The minimum Gasteiger partial charge on any atom is -0.392 e. The average molecular weight is 263 g/mol. The minimum absolute atomic E-state index is 0.227.